The highest BCUT2D eigenvalue weighted by Crippen LogP contribution is 2.36. The molecule has 0 N–H and O–H groups in total. The lowest BCUT2D eigenvalue weighted by atomic mass is 9.82. The highest BCUT2D eigenvalue weighted by molar-refractivity contribution is 7.25. The summed E-state index contributed by atoms with van der Waals surface area (Å²) < 4.78 is 8.03. The lowest BCUT2D eigenvalue weighted by Gasteiger charge is -2.43. The van der Waals surface area contributed by atoms with E-state index in [1.165, 1.54) is 20.2 Å². The molecule has 0 atom stereocenters. The van der Waals surface area contributed by atoms with E-state index >= 15 is 0 Å². The molecule has 4 rings (SSSR count). The van der Waals surface area contributed by atoms with E-state index in [1.54, 1.807) is 11.3 Å². The van der Waals surface area contributed by atoms with Crippen molar-refractivity contribution in [2.24, 2.45) is 0 Å². The van der Waals surface area contributed by atoms with Crippen molar-refractivity contribution in [2.75, 3.05) is 26.3 Å². The normalized spacial score (nSPS) is 16.4. The van der Waals surface area contributed by atoms with Crippen molar-refractivity contribution >= 4 is 37.3 Å². The standard InChI is InChI=1S/C22H25NO2S/c1-3-22(4-2,23-11-13-25-14-12-23)21(24)16-9-10-20-18(15-16)17-7-5-6-8-19(17)26-20/h5-10,15H,3-4,11-14H2,1-2H3. The maximum absolute atomic E-state index is 13.7. The number of hydrogen-bond acceptors (Lipinski definition) is 4. The summed E-state index contributed by atoms with van der Waals surface area (Å²) in [6, 6.07) is 14.7. The van der Waals surface area contributed by atoms with Crippen LogP contribution in [0, 0.1) is 0 Å². The van der Waals surface area contributed by atoms with Gasteiger partial charge in [0.25, 0.3) is 0 Å². The van der Waals surface area contributed by atoms with Gasteiger partial charge >= 0.3 is 0 Å². The molecule has 0 bridgehead atoms. The van der Waals surface area contributed by atoms with Crippen LogP contribution in [0.3, 0.4) is 0 Å². The first-order valence-electron chi connectivity index (χ1n) is 9.48. The molecule has 4 heteroatoms. The monoisotopic (exact) mass is 367 g/mol. The smallest absolute Gasteiger partial charge is 0.183 e. The lowest BCUT2D eigenvalue weighted by molar-refractivity contribution is -0.0175. The van der Waals surface area contributed by atoms with Crippen molar-refractivity contribution in [3.63, 3.8) is 0 Å². The molecular weight excluding hydrogens is 342 g/mol. The van der Waals surface area contributed by atoms with Crippen molar-refractivity contribution in [1.82, 2.24) is 4.90 Å². The molecule has 0 aliphatic carbocycles. The van der Waals surface area contributed by atoms with Crippen LogP contribution in [0.4, 0.5) is 0 Å². The Morgan fingerprint density at radius 2 is 1.73 bits per heavy atom. The molecule has 2 heterocycles. The van der Waals surface area contributed by atoms with Crippen LogP contribution in [-0.4, -0.2) is 42.5 Å². The maximum Gasteiger partial charge on any atom is 0.183 e. The van der Waals surface area contributed by atoms with Crippen molar-refractivity contribution < 1.29 is 9.53 Å². The van der Waals surface area contributed by atoms with E-state index in [0.717, 1.165) is 31.5 Å². The van der Waals surface area contributed by atoms with Crippen LogP contribution in [0.1, 0.15) is 37.0 Å². The summed E-state index contributed by atoms with van der Waals surface area (Å²) in [6.07, 6.45) is 1.65. The van der Waals surface area contributed by atoms with Crippen molar-refractivity contribution in [3.05, 3.63) is 48.0 Å². The zero-order chi connectivity index (χ0) is 18.1. The summed E-state index contributed by atoms with van der Waals surface area (Å²) >= 11 is 1.79. The van der Waals surface area contributed by atoms with Crippen LogP contribution in [0.15, 0.2) is 42.5 Å². The van der Waals surface area contributed by atoms with E-state index in [1.807, 2.05) is 6.07 Å². The Hall–Kier alpha value is -1.75. The maximum atomic E-state index is 13.7. The molecule has 0 radical (unpaired) electrons. The van der Waals surface area contributed by atoms with Crippen LogP contribution >= 0.6 is 11.3 Å². The molecule has 1 aromatic heterocycles. The number of fused-ring (bicyclic) bond motifs is 3. The fourth-order valence-corrected chi connectivity index (χ4v) is 5.38. The number of carbonyl (C=O) groups excluding carboxylic acids is 1. The Balaban J connectivity index is 1.79. The highest BCUT2D eigenvalue weighted by Gasteiger charge is 2.41. The predicted molar refractivity (Wildman–Crippen MR) is 109 cm³/mol. The van der Waals surface area contributed by atoms with Crippen LogP contribution in [0.2, 0.25) is 0 Å². The Morgan fingerprint density at radius 1 is 1.04 bits per heavy atom. The molecule has 1 saturated heterocycles. The second-order valence-electron chi connectivity index (χ2n) is 6.98. The second kappa shape index (κ2) is 7.10. The number of ether oxygens (including phenoxy) is 1. The van der Waals surface area contributed by atoms with E-state index in [4.69, 9.17) is 4.74 Å². The van der Waals surface area contributed by atoms with E-state index in [2.05, 4.69) is 55.1 Å². The Kier molecular flexibility index (Phi) is 4.82. The quantitative estimate of drug-likeness (QED) is 0.586. The van der Waals surface area contributed by atoms with Crippen LogP contribution in [0.25, 0.3) is 20.2 Å². The molecule has 0 spiro atoms. The molecule has 26 heavy (non-hydrogen) atoms. The molecule has 1 aliphatic heterocycles. The van der Waals surface area contributed by atoms with Crippen molar-refractivity contribution in [3.8, 4) is 0 Å². The van der Waals surface area contributed by atoms with Gasteiger partial charge in [-0.25, -0.2) is 0 Å². The summed E-state index contributed by atoms with van der Waals surface area (Å²) in [6.45, 7) is 7.35. The third-order valence-electron chi connectivity index (χ3n) is 5.85. The van der Waals surface area contributed by atoms with Crippen LogP contribution in [0.5, 0.6) is 0 Å². The fraction of sp³-hybridized carbons (Fsp3) is 0.409. The molecule has 0 amide bonds. The summed E-state index contributed by atoms with van der Waals surface area (Å²) in [5.41, 5.74) is 0.403. The minimum atomic E-state index is -0.427. The minimum absolute atomic E-state index is 0.251. The lowest BCUT2D eigenvalue weighted by Crippen LogP contribution is -2.57. The number of hydrogen-bond donors (Lipinski definition) is 0. The molecule has 3 aromatic rings. The van der Waals surface area contributed by atoms with Gasteiger partial charge < -0.3 is 4.74 Å². The largest absolute Gasteiger partial charge is 0.379 e. The van der Waals surface area contributed by atoms with Gasteiger partial charge in [-0.05, 0) is 37.1 Å². The molecule has 2 aromatic carbocycles. The van der Waals surface area contributed by atoms with Gasteiger partial charge in [-0.15, -0.1) is 11.3 Å². The van der Waals surface area contributed by atoms with Gasteiger partial charge in [0.15, 0.2) is 5.78 Å². The molecular formula is C22H25NO2S. The SMILES string of the molecule is CCC(CC)(C(=O)c1ccc2sc3ccccc3c2c1)N1CCOCC1. The Labute approximate surface area is 158 Å². The zero-order valence-electron chi connectivity index (χ0n) is 15.5. The van der Waals surface area contributed by atoms with Gasteiger partial charge in [0, 0.05) is 38.8 Å². The Bertz CT molecular complexity index is 936. The van der Waals surface area contributed by atoms with Gasteiger partial charge in [-0.2, -0.15) is 0 Å². The predicted octanol–water partition coefficient (Wildman–Crippen LogP) is 5.13. The first kappa shape index (κ1) is 17.7. The summed E-state index contributed by atoms with van der Waals surface area (Å²) in [5, 5.41) is 2.44. The number of ketones is 1. The van der Waals surface area contributed by atoms with Crippen LogP contribution < -0.4 is 0 Å². The third kappa shape index (κ3) is 2.77. The van der Waals surface area contributed by atoms with E-state index < -0.39 is 5.54 Å². The number of morpholine rings is 1. The number of Topliss-reactive ketones (excluding diaryl/α,β-unsaturated/α-hetero) is 1. The number of carbonyl (C=O) groups is 1. The first-order chi connectivity index (χ1) is 12.7. The first-order valence-corrected chi connectivity index (χ1v) is 10.3. The summed E-state index contributed by atoms with van der Waals surface area (Å²) in [4.78, 5) is 16.0. The average molecular weight is 368 g/mol. The van der Waals surface area contributed by atoms with Crippen LogP contribution in [-0.2, 0) is 4.74 Å². The second-order valence-corrected chi connectivity index (χ2v) is 8.06. The zero-order valence-corrected chi connectivity index (χ0v) is 16.3. The van der Waals surface area contributed by atoms with Gasteiger partial charge in [-0.3, -0.25) is 9.69 Å². The van der Waals surface area contributed by atoms with Crippen molar-refractivity contribution in [1.29, 1.82) is 0 Å². The van der Waals surface area contributed by atoms with E-state index in [0.29, 0.717) is 13.2 Å². The number of rotatable bonds is 5. The van der Waals surface area contributed by atoms with Gasteiger partial charge in [-0.1, -0.05) is 32.0 Å². The summed E-state index contributed by atoms with van der Waals surface area (Å²) in [5.74, 6) is 0.251. The van der Waals surface area contributed by atoms with E-state index in [9.17, 15) is 4.79 Å². The molecule has 1 fully saturated rings. The third-order valence-corrected chi connectivity index (χ3v) is 7.00. The number of nitrogens with zero attached hydrogens (tertiary/aromatic N) is 1. The Morgan fingerprint density at radius 3 is 2.46 bits per heavy atom. The topological polar surface area (TPSA) is 29.5 Å². The van der Waals surface area contributed by atoms with Gasteiger partial charge in [0.2, 0.25) is 0 Å². The molecule has 0 saturated carbocycles. The molecule has 0 unspecified atom stereocenters. The molecule has 1 aliphatic rings. The molecule has 3 nitrogen and oxygen atoms in total. The average Bonchev–Trinajstić information content (AvgIpc) is 3.08. The molecule has 136 valence electrons. The number of benzene rings is 2. The van der Waals surface area contributed by atoms with Gasteiger partial charge in [0.1, 0.15) is 0 Å². The minimum Gasteiger partial charge on any atom is -0.379 e. The summed E-state index contributed by atoms with van der Waals surface area (Å²) in [7, 11) is 0. The van der Waals surface area contributed by atoms with E-state index in [-0.39, 0.29) is 5.78 Å². The fourth-order valence-electron chi connectivity index (χ4n) is 4.29. The number of thiophene rings is 1. The van der Waals surface area contributed by atoms with Gasteiger partial charge in [0.05, 0.1) is 18.8 Å². The van der Waals surface area contributed by atoms with Crippen molar-refractivity contribution in [2.45, 2.75) is 32.2 Å². The highest BCUT2D eigenvalue weighted by atomic mass is 32.1.